The van der Waals surface area contributed by atoms with Crippen molar-refractivity contribution in [1.29, 1.82) is 0 Å². The molecular formula is C23H21N3O4S. The van der Waals surface area contributed by atoms with Crippen molar-refractivity contribution in [2.45, 2.75) is 13.1 Å². The second-order valence-corrected chi connectivity index (χ2v) is 7.22. The van der Waals surface area contributed by atoms with Gasteiger partial charge >= 0.3 is 5.97 Å². The molecule has 1 aliphatic rings. The quantitative estimate of drug-likeness (QED) is 0.460. The third-order valence-electron chi connectivity index (χ3n) is 4.75. The summed E-state index contributed by atoms with van der Waals surface area (Å²) in [5.41, 5.74) is 2.86. The smallest absolute Gasteiger partial charge is 0.339 e. The summed E-state index contributed by atoms with van der Waals surface area (Å²) in [5.74, 6) is 1.01. The number of pyridine rings is 1. The number of carbonyl (C=O) groups is 1. The molecule has 0 fully saturated rings. The molecule has 0 aliphatic carbocycles. The summed E-state index contributed by atoms with van der Waals surface area (Å²) in [5, 5.41) is 3.65. The Bertz CT molecular complexity index is 1090. The van der Waals surface area contributed by atoms with Crippen molar-refractivity contribution in [2.75, 3.05) is 19.2 Å². The van der Waals surface area contributed by atoms with Crippen LogP contribution in [-0.4, -0.2) is 34.9 Å². The topological polar surface area (TPSA) is 72.9 Å². The molecule has 0 spiro atoms. The van der Waals surface area contributed by atoms with Crippen molar-refractivity contribution in [2.24, 2.45) is 0 Å². The lowest BCUT2D eigenvalue weighted by molar-refractivity contribution is 0.0602. The third kappa shape index (κ3) is 4.92. The molecule has 0 unspecified atom stereocenters. The van der Waals surface area contributed by atoms with E-state index >= 15 is 0 Å². The third-order valence-corrected chi connectivity index (χ3v) is 5.11. The van der Waals surface area contributed by atoms with Crippen molar-refractivity contribution in [3.05, 3.63) is 83.7 Å². The predicted octanol–water partition coefficient (Wildman–Crippen LogP) is 4.00. The number of fused-ring (bicyclic) bond motifs is 1. The molecule has 1 aromatic heterocycles. The summed E-state index contributed by atoms with van der Waals surface area (Å²) in [6.45, 7) is 1.22. The number of hydrogen-bond donors (Lipinski definition) is 1. The molecule has 3 aromatic rings. The van der Waals surface area contributed by atoms with E-state index in [4.69, 9.17) is 26.4 Å². The summed E-state index contributed by atoms with van der Waals surface area (Å²) >= 11 is 5.72. The average Bonchev–Trinajstić information content (AvgIpc) is 3.27. The average molecular weight is 436 g/mol. The SMILES string of the molecule is COC(=O)c1ccccc1NC(=S)N(Cc1ccc2c(c1)OCO2)Cc1ccccn1. The summed E-state index contributed by atoms with van der Waals surface area (Å²) in [7, 11) is 1.35. The number of hydrogen-bond acceptors (Lipinski definition) is 6. The zero-order valence-electron chi connectivity index (χ0n) is 16.9. The fourth-order valence-corrected chi connectivity index (χ4v) is 3.46. The number of carbonyl (C=O) groups excluding carboxylic acids is 1. The fraction of sp³-hybridized carbons (Fsp3) is 0.174. The van der Waals surface area contributed by atoms with Crippen LogP contribution in [-0.2, 0) is 17.8 Å². The van der Waals surface area contributed by atoms with Crippen molar-refractivity contribution < 1.29 is 19.0 Å². The van der Waals surface area contributed by atoms with E-state index in [0.717, 1.165) is 17.0 Å². The van der Waals surface area contributed by atoms with Crippen LogP contribution in [0.5, 0.6) is 11.5 Å². The number of aromatic nitrogens is 1. The lowest BCUT2D eigenvalue weighted by Crippen LogP contribution is -2.34. The predicted molar refractivity (Wildman–Crippen MR) is 120 cm³/mol. The zero-order chi connectivity index (χ0) is 21.6. The van der Waals surface area contributed by atoms with Crippen LogP contribution >= 0.6 is 12.2 Å². The maximum Gasteiger partial charge on any atom is 0.339 e. The van der Waals surface area contributed by atoms with Gasteiger partial charge in [-0.05, 0) is 54.2 Å². The van der Waals surface area contributed by atoms with Crippen molar-refractivity contribution >= 4 is 29.0 Å². The van der Waals surface area contributed by atoms with Gasteiger partial charge in [-0.25, -0.2) is 4.79 Å². The fourth-order valence-electron chi connectivity index (χ4n) is 3.22. The summed E-state index contributed by atoms with van der Waals surface area (Å²) in [6, 6.07) is 18.6. The maximum atomic E-state index is 12.1. The number of nitrogens with one attached hydrogen (secondary N) is 1. The summed E-state index contributed by atoms with van der Waals surface area (Å²) in [4.78, 5) is 18.5. The molecule has 8 heteroatoms. The number of ether oxygens (including phenoxy) is 3. The summed E-state index contributed by atoms with van der Waals surface area (Å²) in [6.07, 6.45) is 1.75. The maximum absolute atomic E-state index is 12.1. The Morgan fingerprint density at radius 1 is 1.10 bits per heavy atom. The number of benzene rings is 2. The van der Waals surface area contributed by atoms with Gasteiger partial charge in [0.1, 0.15) is 0 Å². The van der Waals surface area contributed by atoms with Gasteiger partial charge in [0, 0.05) is 12.7 Å². The lowest BCUT2D eigenvalue weighted by atomic mass is 10.1. The minimum Gasteiger partial charge on any atom is -0.465 e. The first-order chi connectivity index (χ1) is 15.1. The van der Waals surface area contributed by atoms with Gasteiger partial charge in [-0.3, -0.25) is 4.98 Å². The molecule has 2 heterocycles. The van der Waals surface area contributed by atoms with Gasteiger partial charge < -0.3 is 24.4 Å². The first-order valence-electron chi connectivity index (χ1n) is 9.66. The minimum atomic E-state index is -0.432. The van der Waals surface area contributed by atoms with E-state index in [9.17, 15) is 4.79 Å². The highest BCUT2D eigenvalue weighted by atomic mass is 32.1. The van der Waals surface area contributed by atoms with Crippen molar-refractivity contribution in [3.63, 3.8) is 0 Å². The van der Waals surface area contributed by atoms with Gasteiger partial charge in [-0.15, -0.1) is 0 Å². The van der Waals surface area contributed by atoms with Crippen LogP contribution in [0.1, 0.15) is 21.6 Å². The molecule has 0 atom stereocenters. The van der Waals surface area contributed by atoms with E-state index in [0.29, 0.717) is 35.2 Å². The van der Waals surface area contributed by atoms with E-state index < -0.39 is 5.97 Å². The molecule has 0 radical (unpaired) electrons. The molecule has 0 saturated heterocycles. The van der Waals surface area contributed by atoms with Crippen molar-refractivity contribution in [1.82, 2.24) is 9.88 Å². The molecule has 4 rings (SSSR count). The lowest BCUT2D eigenvalue weighted by Gasteiger charge is -2.26. The molecule has 1 N–H and O–H groups in total. The van der Waals surface area contributed by atoms with Crippen LogP contribution in [0.25, 0.3) is 0 Å². The first-order valence-corrected chi connectivity index (χ1v) is 10.1. The van der Waals surface area contributed by atoms with Gasteiger partial charge in [-0.2, -0.15) is 0 Å². The second kappa shape index (κ2) is 9.44. The molecule has 2 aromatic carbocycles. The molecule has 0 saturated carbocycles. The van der Waals surface area contributed by atoms with E-state index in [2.05, 4.69) is 10.3 Å². The molecule has 0 amide bonds. The Morgan fingerprint density at radius 3 is 2.71 bits per heavy atom. The molecule has 31 heavy (non-hydrogen) atoms. The number of methoxy groups -OCH3 is 1. The van der Waals surface area contributed by atoms with E-state index in [-0.39, 0.29) is 6.79 Å². The highest BCUT2D eigenvalue weighted by Gasteiger charge is 2.18. The number of anilines is 1. The van der Waals surface area contributed by atoms with Gasteiger partial charge in [0.05, 0.1) is 30.6 Å². The molecule has 0 bridgehead atoms. The molecule has 7 nitrogen and oxygen atoms in total. The van der Waals surface area contributed by atoms with Gasteiger partial charge in [0.25, 0.3) is 0 Å². The van der Waals surface area contributed by atoms with E-state index in [1.807, 2.05) is 47.4 Å². The van der Waals surface area contributed by atoms with Gasteiger partial charge in [0.15, 0.2) is 16.6 Å². The van der Waals surface area contributed by atoms with Crippen LogP contribution < -0.4 is 14.8 Å². The van der Waals surface area contributed by atoms with Crippen molar-refractivity contribution in [3.8, 4) is 11.5 Å². The number of rotatable bonds is 6. The minimum absolute atomic E-state index is 0.223. The Balaban J connectivity index is 1.58. The van der Waals surface area contributed by atoms with E-state index in [1.165, 1.54) is 7.11 Å². The number of para-hydroxylation sites is 1. The number of nitrogens with zero attached hydrogens (tertiary/aromatic N) is 2. The first kappa shape index (κ1) is 20.6. The Hall–Kier alpha value is -3.65. The number of thiocarbonyl (C=S) groups is 1. The monoisotopic (exact) mass is 435 g/mol. The highest BCUT2D eigenvalue weighted by Crippen LogP contribution is 2.33. The summed E-state index contributed by atoms with van der Waals surface area (Å²) < 4.78 is 15.8. The molecule has 158 valence electrons. The van der Waals surface area contributed by atoms with Gasteiger partial charge in [-0.1, -0.05) is 24.3 Å². The Kier molecular flexibility index (Phi) is 6.28. The van der Waals surface area contributed by atoms with Crippen LogP contribution in [0.15, 0.2) is 66.9 Å². The molecule has 1 aliphatic heterocycles. The largest absolute Gasteiger partial charge is 0.465 e. The van der Waals surface area contributed by atoms with Crippen LogP contribution in [0, 0.1) is 0 Å². The van der Waals surface area contributed by atoms with Crippen LogP contribution in [0.4, 0.5) is 5.69 Å². The highest BCUT2D eigenvalue weighted by molar-refractivity contribution is 7.80. The number of esters is 1. The Labute approximate surface area is 185 Å². The second-order valence-electron chi connectivity index (χ2n) is 6.83. The van der Waals surface area contributed by atoms with E-state index in [1.54, 1.807) is 24.4 Å². The zero-order valence-corrected chi connectivity index (χ0v) is 17.7. The van der Waals surface area contributed by atoms with Gasteiger partial charge in [0.2, 0.25) is 6.79 Å². The molecular weight excluding hydrogens is 414 g/mol. The van der Waals surface area contributed by atoms with Crippen LogP contribution in [0.2, 0.25) is 0 Å². The Morgan fingerprint density at radius 2 is 1.90 bits per heavy atom. The van der Waals surface area contributed by atoms with Crippen LogP contribution in [0.3, 0.4) is 0 Å². The normalized spacial score (nSPS) is 11.6. The standard InChI is InChI=1S/C23H21N3O4S/c1-28-22(27)18-7-2-3-8-19(18)25-23(31)26(14-17-6-4-5-11-24-17)13-16-9-10-20-21(12-16)30-15-29-20/h2-12H,13-15H2,1H3,(H,25,31).